The van der Waals surface area contributed by atoms with Gasteiger partial charge in [0.15, 0.2) is 0 Å². The monoisotopic (exact) mass is 257 g/mol. The Hall–Kier alpha value is -0.120. The normalized spacial score (nSPS) is 30.3. The minimum Gasteiger partial charge on any atom is -0.382 e. The Labute approximate surface area is 113 Å². The summed E-state index contributed by atoms with van der Waals surface area (Å²) in [7, 11) is 1.72. The van der Waals surface area contributed by atoms with Crippen molar-refractivity contribution in [3.63, 3.8) is 0 Å². The van der Waals surface area contributed by atoms with Gasteiger partial charge >= 0.3 is 0 Å². The molecule has 0 heterocycles. The number of ether oxygens (including phenoxy) is 2. The molecule has 4 atom stereocenters. The summed E-state index contributed by atoms with van der Waals surface area (Å²) in [4.78, 5) is 0. The summed E-state index contributed by atoms with van der Waals surface area (Å²) < 4.78 is 10.7. The minimum atomic E-state index is 0.516. The van der Waals surface area contributed by atoms with Gasteiger partial charge in [-0.2, -0.15) is 0 Å². The van der Waals surface area contributed by atoms with E-state index in [1.54, 1.807) is 7.11 Å². The number of methoxy groups -OCH3 is 1. The van der Waals surface area contributed by atoms with Gasteiger partial charge < -0.3 is 14.8 Å². The molecule has 0 bridgehead atoms. The molecule has 3 nitrogen and oxygen atoms in total. The Bertz CT molecular complexity index is 211. The molecule has 0 aromatic heterocycles. The van der Waals surface area contributed by atoms with Crippen molar-refractivity contribution in [3.8, 4) is 0 Å². The van der Waals surface area contributed by atoms with Crippen LogP contribution in [0.3, 0.4) is 0 Å². The molecule has 0 amide bonds. The quantitative estimate of drug-likeness (QED) is 0.678. The van der Waals surface area contributed by atoms with Crippen LogP contribution in [-0.2, 0) is 9.47 Å². The summed E-state index contributed by atoms with van der Waals surface area (Å²) in [5.74, 6) is 2.51. The molecular weight excluding hydrogens is 226 g/mol. The second kappa shape index (κ2) is 8.89. The third-order valence-corrected chi connectivity index (χ3v) is 4.40. The molecule has 1 aliphatic rings. The zero-order chi connectivity index (χ0) is 13.4. The highest BCUT2D eigenvalue weighted by Crippen LogP contribution is 2.35. The molecule has 1 N–H and O–H groups in total. The largest absolute Gasteiger partial charge is 0.382 e. The molecule has 18 heavy (non-hydrogen) atoms. The molecule has 1 saturated carbocycles. The number of nitrogens with one attached hydrogen (secondary N) is 1. The second-order valence-corrected chi connectivity index (χ2v) is 5.76. The summed E-state index contributed by atoms with van der Waals surface area (Å²) in [6, 6.07) is 0.516. The van der Waals surface area contributed by atoms with Crippen LogP contribution in [0.5, 0.6) is 0 Å². The van der Waals surface area contributed by atoms with E-state index >= 15 is 0 Å². The molecule has 1 fully saturated rings. The first-order valence-electron chi connectivity index (χ1n) is 7.49. The van der Waals surface area contributed by atoms with Crippen molar-refractivity contribution in [3.05, 3.63) is 0 Å². The average Bonchev–Trinajstić information content (AvgIpc) is 2.37. The van der Waals surface area contributed by atoms with E-state index in [9.17, 15) is 0 Å². The lowest BCUT2D eigenvalue weighted by molar-refractivity contribution is 0.0390. The standard InChI is InChI=1S/C15H31NO2/c1-5-16-15(11-18-9-8-17-4)14-7-6-12(2)13(3)10-14/h12-16H,5-11H2,1-4H3. The van der Waals surface area contributed by atoms with Crippen LogP contribution in [0.4, 0.5) is 0 Å². The summed E-state index contributed by atoms with van der Waals surface area (Å²) >= 11 is 0. The molecule has 3 heteroatoms. The highest BCUT2D eigenvalue weighted by Gasteiger charge is 2.29. The Morgan fingerprint density at radius 2 is 1.94 bits per heavy atom. The van der Waals surface area contributed by atoms with Crippen LogP contribution in [-0.4, -0.2) is 39.5 Å². The van der Waals surface area contributed by atoms with Gasteiger partial charge in [0.25, 0.3) is 0 Å². The zero-order valence-corrected chi connectivity index (χ0v) is 12.6. The molecule has 0 saturated heterocycles. The van der Waals surface area contributed by atoms with Gasteiger partial charge in [0, 0.05) is 13.2 Å². The van der Waals surface area contributed by atoms with E-state index < -0.39 is 0 Å². The average molecular weight is 257 g/mol. The maximum absolute atomic E-state index is 5.72. The van der Waals surface area contributed by atoms with Gasteiger partial charge in [-0.25, -0.2) is 0 Å². The highest BCUT2D eigenvalue weighted by molar-refractivity contribution is 4.83. The van der Waals surface area contributed by atoms with Gasteiger partial charge in [-0.15, -0.1) is 0 Å². The Balaban J connectivity index is 2.35. The summed E-state index contributed by atoms with van der Waals surface area (Å²) in [6.45, 7) is 10.2. The van der Waals surface area contributed by atoms with Crippen LogP contribution in [0.25, 0.3) is 0 Å². The van der Waals surface area contributed by atoms with Gasteiger partial charge in [0.2, 0.25) is 0 Å². The third kappa shape index (κ3) is 5.25. The van der Waals surface area contributed by atoms with E-state index in [-0.39, 0.29) is 0 Å². The number of hydrogen-bond donors (Lipinski definition) is 1. The van der Waals surface area contributed by atoms with Gasteiger partial charge in [0.1, 0.15) is 0 Å². The SMILES string of the molecule is CCNC(COCCOC)C1CCC(C)C(C)C1. The molecule has 108 valence electrons. The van der Waals surface area contributed by atoms with Gasteiger partial charge in [-0.3, -0.25) is 0 Å². The fourth-order valence-electron chi connectivity index (χ4n) is 2.93. The molecule has 1 aliphatic carbocycles. The van der Waals surface area contributed by atoms with Gasteiger partial charge in [-0.05, 0) is 37.1 Å². The van der Waals surface area contributed by atoms with E-state index in [0.717, 1.165) is 30.9 Å². The Morgan fingerprint density at radius 1 is 1.17 bits per heavy atom. The van der Waals surface area contributed by atoms with Crippen molar-refractivity contribution >= 4 is 0 Å². The first-order valence-corrected chi connectivity index (χ1v) is 7.49. The van der Waals surface area contributed by atoms with Crippen molar-refractivity contribution in [2.75, 3.05) is 33.5 Å². The van der Waals surface area contributed by atoms with Gasteiger partial charge in [0.05, 0.1) is 19.8 Å². The second-order valence-electron chi connectivity index (χ2n) is 5.76. The number of hydrogen-bond acceptors (Lipinski definition) is 3. The summed E-state index contributed by atoms with van der Waals surface area (Å²) in [5.41, 5.74) is 0. The molecule has 4 unspecified atom stereocenters. The van der Waals surface area contributed by atoms with Crippen LogP contribution in [0.1, 0.15) is 40.0 Å². The first-order chi connectivity index (χ1) is 8.69. The fourth-order valence-corrected chi connectivity index (χ4v) is 2.93. The van der Waals surface area contributed by atoms with Crippen molar-refractivity contribution in [1.82, 2.24) is 5.32 Å². The molecule has 0 aromatic carbocycles. The van der Waals surface area contributed by atoms with E-state index in [0.29, 0.717) is 19.3 Å². The van der Waals surface area contributed by atoms with Crippen LogP contribution in [0.2, 0.25) is 0 Å². The minimum absolute atomic E-state index is 0.516. The fraction of sp³-hybridized carbons (Fsp3) is 1.00. The topological polar surface area (TPSA) is 30.5 Å². The predicted molar refractivity (Wildman–Crippen MR) is 75.8 cm³/mol. The molecule has 1 rings (SSSR count). The summed E-state index contributed by atoms with van der Waals surface area (Å²) in [6.07, 6.45) is 4.05. The molecule has 0 spiro atoms. The highest BCUT2D eigenvalue weighted by atomic mass is 16.5. The van der Waals surface area contributed by atoms with E-state index in [1.807, 2.05) is 0 Å². The third-order valence-electron chi connectivity index (χ3n) is 4.40. The Morgan fingerprint density at radius 3 is 2.56 bits per heavy atom. The lowest BCUT2D eigenvalue weighted by atomic mass is 9.73. The van der Waals surface area contributed by atoms with Crippen LogP contribution >= 0.6 is 0 Å². The maximum Gasteiger partial charge on any atom is 0.0701 e. The molecule has 0 radical (unpaired) electrons. The van der Waals surface area contributed by atoms with Crippen LogP contribution < -0.4 is 5.32 Å². The van der Waals surface area contributed by atoms with E-state index in [4.69, 9.17) is 9.47 Å². The van der Waals surface area contributed by atoms with Crippen LogP contribution in [0.15, 0.2) is 0 Å². The lowest BCUT2D eigenvalue weighted by Crippen LogP contribution is -2.43. The van der Waals surface area contributed by atoms with Crippen molar-refractivity contribution in [2.24, 2.45) is 17.8 Å². The summed E-state index contributed by atoms with van der Waals surface area (Å²) in [5, 5.41) is 3.60. The number of likely N-dealkylation sites (N-methyl/N-ethyl adjacent to an activating group) is 1. The Kier molecular flexibility index (Phi) is 7.87. The van der Waals surface area contributed by atoms with E-state index in [1.165, 1.54) is 19.3 Å². The van der Waals surface area contributed by atoms with Crippen molar-refractivity contribution < 1.29 is 9.47 Å². The molecule has 0 aliphatic heterocycles. The molecular formula is C15H31NO2. The first kappa shape index (κ1) is 15.9. The zero-order valence-electron chi connectivity index (χ0n) is 12.6. The van der Waals surface area contributed by atoms with Crippen molar-refractivity contribution in [2.45, 2.75) is 46.1 Å². The predicted octanol–water partition coefficient (Wildman–Crippen LogP) is 2.70. The lowest BCUT2D eigenvalue weighted by Gasteiger charge is -2.37. The molecule has 0 aromatic rings. The maximum atomic E-state index is 5.72. The van der Waals surface area contributed by atoms with Gasteiger partial charge in [-0.1, -0.05) is 27.2 Å². The van der Waals surface area contributed by atoms with Crippen LogP contribution in [0, 0.1) is 17.8 Å². The van der Waals surface area contributed by atoms with Crippen molar-refractivity contribution in [1.29, 1.82) is 0 Å². The number of rotatable bonds is 8. The van der Waals surface area contributed by atoms with E-state index in [2.05, 4.69) is 26.1 Å². The smallest absolute Gasteiger partial charge is 0.0701 e.